The van der Waals surface area contributed by atoms with Crippen LogP contribution in [0.1, 0.15) is 31.7 Å². The van der Waals surface area contributed by atoms with Gasteiger partial charge in [-0.15, -0.1) is 5.10 Å². The fraction of sp³-hybridized carbons (Fsp3) is 0.750. The number of rotatable bonds is 9. The van der Waals surface area contributed by atoms with E-state index in [1.807, 2.05) is 0 Å². The maximum Gasteiger partial charge on any atom is 0.242 e. The molecule has 3 N–H and O–H groups in total. The number of hydrogen-bond acceptors (Lipinski definition) is 6. The lowest BCUT2D eigenvalue weighted by Crippen LogP contribution is -2.13. The highest BCUT2D eigenvalue weighted by atomic mass is 16.5. The van der Waals surface area contributed by atoms with Crippen LogP contribution in [0.15, 0.2) is 0 Å². The monoisotopic (exact) mass is 253 g/mol. The molecule has 0 saturated carbocycles. The lowest BCUT2D eigenvalue weighted by Gasteiger charge is -2.07. The maximum absolute atomic E-state index is 5.32. The molecule has 0 aliphatic carbocycles. The molecule has 0 fully saturated rings. The highest BCUT2D eigenvalue weighted by Crippen LogP contribution is 2.06. The van der Waals surface area contributed by atoms with Gasteiger partial charge in [0.05, 0.1) is 18.0 Å². The molecule has 1 aromatic heterocycles. The first-order valence-electron chi connectivity index (χ1n) is 6.55. The molecule has 0 saturated heterocycles. The van der Waals surface area contributed by atoms with Crippen LogP contribution in [0.2, 0.25) is 0 Å². The second-order valence-electron chi connectivity index (χ2n) is 3.92. The van der Waals surface area contributed by atoms with E-state index in [0.29, 0.717) is 25.7 Å². The zero-order valence-electron chi connectivity index (χ0n) is 11.3. The van der Waals surface area contributed by atoms with Gasteiger partial charge in [0.15, 0.2) is 0 Å². The van der Waals surface area contributed by atoms with Crippen LogP contribution in [0.5, 0.6) is 0 Å². The van der Waals surface area contributed by atoms with Gasteiger partial charge in [0.1, 0.15) is 0 Å². The predicted octanol–water partition coefficient (Wildman–Crippen LogP) is 0.774. The van der Waals surface area contributed by atoms with E-state index in [1.165, 1.54) is 0 Å². The molecule has 0 bridgehead atoms. The third-order valence-corrected chi connectivity index (χ3v) is 2.52. The van der Waals surface area contributed by atoms with Crippen LogP contribution in [0.4, 0.5) is 5.95 Å². The summed E-state index contributed by atoms with van der Waals surface area (Å²) in [6, 6.07) is 0. The Morgan fingerprint density at radius 1 is 1.11 bits per heavy atom. The van der Waals surface area contributed by atoms with E-state index in [1.54, 1.807) is 0 Å². The average Bonchev–Trinajstić information content (AvgIpc) is 2.42. The Morgan fingerprint density at radius 3 is 2.56 bits per heavy atom. The van der Waals surface area contributed by atoms with Crippen molar-refractivity contribution in [3.05, 3.63) is 11.4 Å². The second kappa shape index (κ2) is 8.77. The number of hydrogen-bond donors (Lipinski definition) is 2. The van der Waals surface area contributed by atoms with Crippen LogP contribution in [0, 0.1) is 0 Å². The van der Waals surface area contributed by atoms with Crippen LogP contribution in [0.25, 0.3) is 0 Å². The van der Waals surface area contributed by atoms with Crippen molar-refractivity contribution in [3.8, 4) is 0 Å². The lowest BCUT2D eigenvalue weighted by atomic mass is 10.2. The first-order valence-corrected chi connectivity index (χ1v) is 6.55. The standard InChI is InChI=1S/C12H23N5O/c1-3-10-11(4-2)16-17-12(15-10)14-7-5-8-18-9-6-13/h3-9,13H2,1-2H3,(H,14,15,17). The molecule has 18 heavy (non-hydrogen) atoms. The van der Waals surface area contributed by atoms with Gasteiger partial charge in [-0.3, -0.25) is 0 Å². The Morgan fingerprint density at radius 2 is 1.89 bits per heavy atom. The molecule has 0 amide bonds. The number of nitrogens with one attached hydrogen (secondary N) is 1. The Bertz CT molecular complexity index is 345. The average molecular weight is 253 g/mol. The van der Waals surface area contributed by atoms with E-state index in [2.05, 4.69) is 34.3 Å². The van der Waals surface area contributed by atoms with Crippen molar-refractivity contribution in [3.63, 3.8) is 0 Å². The van der Waals surface area contributed by atoms with Crippen molar-refractivity contribution < 1.29 is 4.74 Å². The number of ether oxygens (including phenoxy) is 1. The Hall–Kier alpha value is -1.27. The predicted molar refractivity (Wildman–Crippen MR) is 71.6 cm³/mol. The minimum atomic E-state index is 0.568. The van der Waals surface area contributed by atoms with E-state index in [4.69, 9.17) is 10.5 Å². The third kappa shape index (κ3) is 4.93. The molecule has 6 heteroatoms. The van der Waals surface area contributed by atoms with Gasteiger partial charge >= 0.3 is 0 Å². The first kappa shape index (κ1) is 14.8. The molecule has 0 atom stereocenters. The van der Waals surface area contributed by atoms with Gasteiger partial charge in [-0.2, -0.15) is 5.10 Å². The van der Waals surface area contributed by atoms with Crippen molar-refractivity contribution in [2.24, 2.45) is 5.73 Å². The molecule has 0 radical (unpaired) electrons. The topological polar surface area (TPSA) is 86.0 Å². The molecule has 0 aliphatic rings. The van der Waals surface area contributed by atoms with Crippen molar-refractivity contribution in [2.75, 3.05) is 31.6 Å². The quantitative estimate of drug-likeness (QED) is 0.632. The summed E-state index contributed by atoms with van der Waals surface area (Å²) in [5, 5.41) is 11.4. The normalized spacial score (nSPS) is 10.6. The van der Waals surface area contributed by atoms with Gasteiger partial charge in [0.2, 0.25) is 5.95 Å². The van der Waals surface area contributed by atoms with E-state index >= 15 is 0 Å². The third-order valence-electron chi connectivity index (χ3n) is 2.52. The van der Waals surface area contributed by atoms with Gasteiger partial charge in [-0.1, -0.05) is 13.8 Å². The van der Waals surface area contributed by atoms with Gasteiger partial charge < -0.3 is 15.8 Å². The van der Waals surface area contributed by atoms with E-state index in [9.17, 15) is 0 Å². The Labute approximate surface area is 108 Å². The molecule has 102 valence electrons. The van der Waals surface area contributed by atoms with Crippen molar-refractivity contribution >= 4 is 5.95 Å². The fourth-order valence-electron chi connectivity index (χ4n) is 1.57. The summed E-state index contributed by atoms with van der Waals surface area (Å²) in [4.78, 5) is 4.45. The summed E-state index contributed by atoms with van der Waals surface area (Å²) in [5.74, 6) is 0.600. The SMILES string of the molecule is CCc1nnc(NCCCOCCN)nc1CC. The van der Waals surface area contributed by atoms with Crippen LogP contribution >= 0.6 is 0 Å². The molecule has 1 heterocycles. The van der Waals surface area contributed by atoms with Gasteiger partial charge in [0, 0.05) is 19.7 Å². The Balaban J connectivity index is 2.34. The summed E-state index contributed by atoms with van der Waals surface area (Å²) in [7, 11) is 0. The zero-order chi connectivity index (χ0) is 13.2. The number of anilines is 1. The molecule has 1 rings (SSSR count). The second-order valence-corrected chi connectivity index (χ2v) is 3.92. The van der Waals surface area contributed by atoms with Crippen molar-refractivity contribution in [1.82, 2.24) is 15.2 Å². The minimum Gasteiger partial charge on any atom is -0.380 e. The van der Waals surface area contributed by atoms with Gasteiger partial charge in [-0.25, -0.2) is 4.98 Å². The summed E-state index contributed by atoms with van der Waals surface area (Å²) in [6.45, 7) is 6.80. The minimum absolute atomic E-state index is 0.568. The van der Waals surface area contributed by atoms with Crippen LogP contribution in [-0.4, -0.2) is 41.5 Å². The molecule has 0 spiro atoms. The summed E-state index contributed by atoms with van der Waals surface area (Å²) in [6.07, 6.45) is 2.66. The van der Waals surface area contributed by atoms with Gasteiger partial charge in [0.25, 0.3) is 0 Å². The lowest BCUT2D eigenvalue weighted by molar-refractivity contribution is 0.141. The summed E-state index contributed by atoms with van der Waals surface area (Å²) >= 11 is 0. The summed E-state index contributed by atoms with van der Waals surface area (Å²) in [5.41, 5.74) is 7.33. The molecule has 6 nitrogen and oxygen atoms in total. The molecule has 0 aromatic carbocycles. The molecule has 1 aromatic rings. The Kier molecular flexibility index (Phi) is 7.20. The van der Waals surface area contributed by atoms with Crippen molar-refractivity contribution in [2.45, 2.75) is 33.1 Å². The smallest absolute Gasteiger partial charge is 0.242 e. The molecule has 0 unspecified atom stereocenters. The zero-order valence-corrected chi connectivity index (χ0v) is 11.3. The van der Waals surface area contributed by atoms with E-state index < -0.39 is 0 Å². The number of aryl methyl sites for hydroxylation is 2. The molecule has 0 aliphatic heterocycles. The molecular formula is C12H23N5O. The fourth-order valence-corrected chi connectivity index (χ4v) is 1.57. The van der Waals surface area contributed by atoms with Crippen LogP contribution < -0.4 is 11.1 Å². The number of aromatic nitrogens is 3. The van der Waals surface area contributed by atoms with Crippen LogP contribution in [-0.2, 0) is 17.6 Å². The summed E-state index contributed by atoms with van der Waals surface area (Å²) < 4.78 is 5.28. The van der Waals surface area contributed by atoms with E-state index in [0.717, 1.165) is 37.2 Å². The maximum atomic E-state index is 5.32. The van der Waals surface area contributed by atoms with Crippen LogP contribution in [0.3, 0.4) is 0 Å². The van der Waals surface area contributed by atoms with Gasteiger partial charge in [-0.05, 0) is 19.3 Å². The highest BCUT2D eigenvalue weighted by molar-refractivity contribution is 5.25. The van der Waals surface area contributed by atoms with Crippen molar-refractivity contribution in [1.29, 1.82) is 0 Å². The highest BCUT2D eigenvalue weighted by Gasteiger charge is 2.05. The number of nitrogens with two attached hydrogens (primary N) is 1. The molecular weight excluding hydrogens is 230 g/mol. The number of nitrogens with zero attached hydrogens (tertiary/aromatic N) is 3. The largest absolute Gasteiger partial charge is 0.380 e. The van der Waals surface area contributed by atoms with E-state index in [-0.39, 0.29) is 0 Å². The first-order chi connectivity index (χ1) is 8.81.